The van der Waals surface area contributed by atoms with Crippen LogP contribution in [0.15, 0.2) is 16.6 Å². The van der Waals surface area contributed by atoms with E-state index in [1.54, 1.807) is 12.1 Å². The van der Waals surface area contributed by atoms with E-state index in [2.05, 4.69) is 15.9 Å². The zero-order valence-corrected chi connectivity index (χ0v) is 10.5. The maximum Gasteiger partial charge on any atom is 0.163 e. The molecule has 0 aromatic heterocycles. The Kier molecular flexibility index (Phi) is 5.97. The lowest BCUT2D eigenvalue weighted by Crippen LogP contribution is -2.15. The van der Waals surface area contributed by atoms with E-state index >= 15 is 0 Å². The van der Waals surface area contributed by atoms with Gasteiger partial charge in [-0.25, -0.2) is 0 Å². The Morgan fingerprint density at radius 2 is 2.13 bits per heavy atom. The molecule has 86 valence electrons. The number of ether oxygens (including phenoxy) is 1. The average Bonchev–Trinajstić information content (AvgIpc) is 2.18. The molecule has 0 aliphatic heterocycles. The first-order chi connectivity index (χ1) is 6.61. The van der Waals surface area contributed by atoms with Gasteiger partial charge in [0.05, 0.1) is 19.8 Å². The third kappa shape index (κ3) is 2.98. The molecule has 0 heterocycles. The SMILES string of the molecule is COc1ccc(Br)c([C@@H](N)CO)c1O.Cl. The van der Waals surface area contributed by atoms with Crippen LogP contribution in [-0.2, 0) is 0 Å². The minimum Gasteiger partial charge on any atom is -0.504 e. The Labute approximate surface area is 103 Å². The smallest absolute Gasteiger partial charge is 0.163 e. The molecule has 0 aliphatic rings. The minimum atomic E-state index is -0.625. The lowest BCUT2D eigenvalue weighted by Gasteiger charge is -2.15. The van der Waals surface area contributed by atoms with Gasteiger partial charge in [-0.2, -0.15) is 0 Å². The van der Waals surface area contributed by atoms with E-state index in [4.69, 9.17) is 15.6 Å². The number of halogens is 2. The summed E-state index contributed by atoms with van der Waals surface area (Å²) < 4.78 is 5.58. The molecule has 0 saturated carbocycles. The summed E-state index contributed by atoms with van der Waals surface area (Å²) in [4.78, 5) is 0. The number of phenols is 1. The van der Waals surface area contributed by atoms with Crippen LogP contribution in [0, 0.1) is 0 Å². The first-order valence-corrected chi connectivity index (χ1v) is 4.83. The summed E-state index contributed by atoms with van der Waals surface area (Å²) in [5.41, 5.74) is 6.07. The molecule has 0 saturated heterocycles. The highest BCUT2D eigenvalue weighted by atomic mass is 79.9. The lowest BCUT2D eigenvalue weighted by atomic mass is 10.1. The largest absolute Gasteiger partial charge is 0.504 e. The van der Waals surface area contributed by atoms with Crippen LogP contribution in [0.2, 0.25) is 0 Å². The van der Waals surface area contributed by atoms with E-state index in [1.807, 2.05) is 0 Å². The normalized spacial score (nSPS) is 11.7. The van der Waals surface area contributed by atoms with Gasteiger partial charge in [-0.3, -0.25) is 0 Å². The van der Waals surface area contributed by atoms with E-state index < -0.39 is 6.04 Å². The number of aliphatic hydroxyl groups is 1. The maximum absolute atomic E-state index is 9.73. The summed E-state index contributed by atoms with van der Waals surface area (Å²) in [5.74, 6) is 0.301. The van der Waals surface area contributed by atoms with Crippen LogP contribution in [0.1, 0.15) is 11.6 Å². The van der Waals surface area contributed by atoms with Crippen molar-refractivity contribution in [2.45, 2.75) is 6.04 Å². The van der Waals surface area contributed by atoms with Crippen molar-refractivity contribution in [1.29, 1.82) is 0 Å². The molecule has 0 unspecified atom stereocenters. The summed E-state index contributed by atoms with van der Waals surface area (Å²) in [6.07, 6.45) is 0. The minimum absolute atomic E-state index is 0. The molecule has 1 rings (SSSR count). The van der Waals surface area contributed by atoms with Gasteiger partial charge in [0, 0.05) is 10.0 Å². The highest BCUT2D eigenvalue weighted by Gasteiger charge is 2.17. The van der Waals surface area contributed by atoms with Crippen LogP contribution in [0.25, 0.3) is 0 Å². The second-order valence-electron chi connectivity index (χ2n) is 2.80. The van der Waals surface area contributed by atoms with E-state index in [0.29, 0.717) is 15.8 Å². The van der Waals surface area contributed by atoms with Crippen LogP contribution in [-0.4, -0.2) is 23.9 Å². The fraction of sp³-hybridized carbons (Fsp3) is 0.333. The number of methoxy groups -OCH3 is 1. The molecule has 0 radical (unpaired) electrons. The second-order valence-corrected chi connectivity index (χ2v) is 3.66. The van der Waals surface area contributed by atoms with Crippen molar-refractivity contribution in [1.82, 2.24) is 0 Å². The third-order valence-electron chi connectivity index (χ3n) is 1.91. The molecule has 1 aromatic carbocycles. The van der Waals surface area contributed by atoms with Crippen LogP contribution in [0.3, 0.4) is 0 Å². The van der Waals surface area contributed by atoms with Gasteiger partial charge in [-0.05, 0) is 12.1 Å². The molecule has 0 bridgehead atoms. The highest BCUT2D eigenvalue weighted by molar-refractivity contribution is 9.10. The van der Waals surface area contributed by atoms with Crippen molar-refractivity contribution in [2.24, 2.45) is 5.73 Å². The number of hydrogen-bond acceptors (Lipinski definition) is 4. The number of aromatic hydroxyl groups is 1. The van der Waals surface area contributed by atoms with Gasteiger partial charge in [0.25, 0.3) is 0 Å². The summed E-state index contributed by atoms with van der Waals surface area (Å²) in [6, 6.07) is 2.70. The predicted octanol–water partition coefficient (Wildman–Crippen LogP) is 1.58. The monoisotopic (exact) mass is 297 g/mol. The second kappa shape index (κ2) is 6.17. The Bertz CT molecular complexity index is 335. The van der Waals surface area contributed by atoms with Gasteiger partial charge in [0.1, 0.15) is 0 Å². The number of hydrogen-bond donors (Lipinski definition) is 3. The van der Waals surface area contributed by atoms with Crippen molar-refractivity contribution in [2.75, 3.05) is 13.7 Å². The Morgan fingerprint density at radius 3 is 2.60 bits per heavy atom. The van der Waals surface area contributed by atoms with Gasteiger partial charge < -0.3 is 20.7 Å². The fourth-order valence-electron chi connectivity index (χ4n) is 1.17. The molecule has 0 fully saturated rings. The van der Waals surface area contributed by atoms with E-state index in [9.17, 15) is 5.11 Å². The molecule has 4 nitrogen and oxygen atoms in total. The van der Waals surface area contributed by atoms with Crippen molar-refractivity contribution >= 4 is 28.3 Å². The quantitative estimate of drug-likeness (QED) is 0.792. The van der Waals surface area contributed by atoms with Gasteiger partial charge in [-0.1, -0.05) is 15.9 Å². The molecule has 6 heteroatoms. The average molecular weight is 299 g/mol. The molecule has 0 aliphatic carbocycles. The van der Waals surface area contributed by atoms with E-state index in [-0.39, 0.29) is 24.8 Å². The first kappa shape index (κ1) is 14.5. The zero-order chi connectivity index (χ0) is 10.7. The topological polar surface area (TPSA) is 75.7 Å². The highest BCUT2D eigenvalue weighted by Crippen LogP contribution is 2.37. The number of nitrogens with two attached hydrogens (primary N) is 1. The number of phenolic OH excluding ortho intramolecular Hbond substituents is 1. The van der Waals surface area contributed by atoms with Gasteiger partial charge in [0.2, 0.25) is 0 Å². The van der Waals surface area contributed by atoms with Crippen molar-refractivity contribution in [3.63, 3.8) is 0 Å². The van der Waals surface area contributed by atoms with Gasteiger partial charge >= 0.3 is 0 Å². The fourth-order valence-corrected chi connectivity index (χ4v) is 1.79. The standard InChI is InChI=1S/C9H12BrNO3.ClH/c1-14-7-3-2-5(10)8(9(7)13)6(11)4-12;/h2-3,6,12-13H,4,11H2,1H3;1H/t6-;/m0./s1. The molecule has 0 spiro atoms. The summed E-state index contributed by atoms with van der Waals surface area (Å²) in [5, 5.41) is 18.6. The number of aliphatic hydroxyl groups excluding tert-OH is 1. The van der Waals surface area contributed by atoms with Crippen molar-refractivity contribution in [3.8, 4) is 11.5 Å². The summed E-state index contributed by atoms with van der Waals surface area (Å²) in [6.45, 7) is -0.237. The molecular formula is C9H13BrClNO3. The van der Waals surface area contributed by atoms with Gasteiger partial charge in [0.15, 0.2) is 11.5 Å². The van der Waals surface area contributed by atoms with Crippen LogP contribution in [0.5, 0.6) is 11.5 Å². The molecule has 1 atom stereocenters. The van der Waals surface area contributed by atoms with Crippen LogP contribution in [0.4, 0.5) is 0 Å². The maximum atomic E-state index is 9.73. The van der Waals surface area contributed by atoms with Crippen molar-refractivity contribution < 1.29 is 14.9 Å². The van der Waals surface area contributed by atoms with Crippen molar-refractivity contribution in [3.05, 3.63) is 22.2 Å². The summed E-state index contributed by atoms with van der Waals surface area (Å²) >= 11 is 3.25. The van der Waals surface area contributed by atoms with Gasteiger partial charge in [-0.15, -0.1) is 12.4 Å². The third-order valence-corrected chi connectivity index (χ3v) is 2.61. The molecular weight excluding hydrogens is 285 g/mol. The predicted molar refractivity (Wildman–Crippen MR) is 63.6 cm³/mol. The molecule has 0 amide bonds. The molecule has 4 N–H and O–H groups in total. The number of rotatable bonds is 3. The lowest BCUT2D eigenvalue weighted by molar-refractivity contribution is 0.263. The molecule has 15 heavy (non-hydrogen) atoms. The number of benzene rings is 1. The summed E-state index contributed by atoms with van der Waals surface area (Å²) in [7, 11) is 1.46. The Balaban J connectivity index is 0.00000196. The zero-order valence-electron chi connectivity index (χ0n) is 8.11. The molecule has 1 aromatic rings. The Hall–Kier alpha value is -0.490. The Morgan fingerprint density at radius 1 is 1.53 bits per heavy atom. The van der Waals surface area contributed by atoms with E-state index in [0.717, 1.165) is 0 Å². The first-order valence-electron chi connectivity index (χ1n) is 4.03. The van der Waals surface area contributed by atoms with Crippen LogP contribution >= 0.6 is 28.3 Å². The van der Waals surface area contributed by atoms with Crippen LogP contribution < -0.4 is 10.5 Å². The van der Waals surface area contributed by atoms with E-state index in [1.165, 1.54) is 7.11 Å².